The van der Waals surface area contributed by atoms with Crippen molar-refractivity contribution in [1.29, 1.82) is 0 Å². The Morgan fingerprint density at radius 3 is 2.58 bits per heavy atom. The van der Waals surface area contributed by atoms with E-state index in [2.05, 4.69) is 5.32 Å². The molecule has 9 heteroatoms. The average Bonchev–Trinajstić information content (AvgIpc) is 3.24. The molecule has 2 unspecified atom stereocenters. The van der Waals surface area contributed by atoms with Crippen LogP contribution in [0.25, 0.3) is 0 Å². The Bertz CT molecular complexity index is 1080. The first-order valence-corrected chi connectivity index (χ1v) is 12.8. The number of urea groups is 1. The summed E-state index contributed by atoms with van der Waals surface area (Å²) in [4.78, 5) is 41.7. The van der Waals surface area contributed by atoms with Crippen molar-refractivity contribution in [3.63, 3.8) is 0 Å². The average molecular weight is 446 g/mol. The van der Waals surface area contributed by atoms with Gasteiger partial charge in [0.25, 0.3) is 5.91 Å². The maximum atomic E-state index is 13.3. The van der Waals surface area contributed by atoms with Gasteiger partial charge in [-0.3, -0.25) is 14.5 Å². The normalized spacial score (nSPS) is 29.2. The van der Waals surface area contributed by atoms with E-state index < -0.39 is 27.3 Å². The smallest absolute Gasteiger partial charge is 0.325 e. The lowest BCUT2D eigenvalue weighted by atomic mass is 9.89. The molecule has 1 saturated carbocycles. The number of benzene rings is 1. The van der Waals surface area contributed by atoms with E-state index in [0.29, 0.717) is 6.42 Å². The van der Waals surface area contributed by atoms with Crippen molar-refractivity contribution in [3.05, 3.63) is 34.9 Å². The van der Waals surface area contributed by atoms with Gasteiger partial charge < -0.3 is 10.2 Å². The van der Waals surface area contributed by atoms with Crippen LogP contribution in [-0.4, -0.2) is 66.2 Å². The first kappa shape index (κ1) is 20.5. The molecule has 2 aliphatic carbocycles. The summed E-state index contributed by atoms with van der Waals surface area (Å²) in [5.41, 5.74) is 2.00. The van der Waals surface area contributed by atoms with Crippen LogP contribution in [0.2, 0.25) is 0 Å². The number of nitrogens with one attached hydrogen (secondary N) is 1. The highest BCUT2D eigenvalue weighted by atomic mass is 32.2. The SMILES string of the molecule is CC1(c2ccc3c(c2)CCC3)NC(=O)N(CC(=O)N(C2CC2)C2CCS(=O)(=O)C2)C1=O. The number of nitrogens with zero attached hydrogens (tertiary/aromatic N) is 2. The first-order chi connectivity index (χ1) is 14.7. The van der Waals surface area contributed by atoms with E-state index in [9.17, 15) is 22.8 Å². The van der Waals surface area contributed by atoms with Crippen molar-refractivity contribution >= 4 is 27.7 Å². The van der Waals surface area contributed by atoms with Gasteiger partial charge in [0.2, 0.25) is 5.91 Å². The van der Waals surface area contributed by atoms with E-state index in [1.54, 1.807) is 11.8 Å². The van der Waals surface area contributed by atoms with Crippen LogP contribution in [0.1, 0.15) is 49.3 Å². The van der Waals surface area contributed by atoms with Gasteiger partial charge in [0.05, 0.1) is 11.5 Å². The number of imide groups is 1. The summed E-state index contributed by atoms with van der Waals surface area (Å²) < 4.78 is 23.8. The number of carbonyl (C=O) groups excluding carboxylic acids is 3. The molecule has 2 heterocycles. The second-order valence-corrected chi connectivity index (χ2v) is 11.6. The lowest BCUT2D eigenvalue weighted by Crippen LogP contribution is -2.49. The lowest BCUT2D eigenvalue weighted by Gasteiger charge is -2.30. The van der Waals surface area contributed by atoms with Crippen molar-refractivity contribution in [2.45, 2.75) is 63.1 Å². The molecule has 1 aromatic rings. The fraction of sp³-hybridized carbons (Fsp3) is 0.591. The zero-order valence-electron chi connectivity index (χ0n) is 17.6. The number of hydrogen-bond acceptors (Lipinski definition) is 5. The molecule has 4 aliphatic rings. The molecule has 0 radical (unpaired) electrons. The molecule has 0 bridgehead atoms. The molecular formula is C22H27N3O5S. The number of rotatable bonds is 5. The molecule has 5 rings (SSSR count). The van der Waals surface area contributed by atoms with Gasteiger partial charge in [-0.2, -0.15) is 0 Å². The van der Waals surface area contributed by atoms with E-state index in [1.165, 1.54) is 11.1 Å². The van der Waals surface area contributed by atoms with Gasteiger partial charge in [-0.1, -0.05) is 18.2 Å². The minimum Gasteiger partial charge on any atom is -0.334 e. The van der Waals surface area contributed by atoms with Crippen molar-refractivity contribution in [1.82, 2.24) is 15.1 Å². The van der Waals surface area contributed by atoms with Crippen molar-refractivity contribution in [3.8, 4) is 0 Å². The number of fused-ring (bicyclic) bond motifs is 1. The number of amides is 4. The minimum atomic E-state index is -3.14. The predicted octanol–water partition coefficient (Wildman–Crippen LogP) is 1.12. The Labute approximate surface area is 181 Å². The Morgan fingerprint density at radius 2 is 1.90 bits per heavy atom. The Kier molecular flexibility index (Phi) is 4.66. The molecule has 4 amide bonds. The molecule has 0 aromatic heterocycles. The van der Waals surface area contributed by atoms with Crippen molar-refractivity contribution in [2.24, 2.45) is 0 Å². The van der Waals surface area contributed by atoms with Crippen molar-refractivity contribution in [2.75, 3.05) is 18.1 Å². The molecule has 0 spiro atoms. The lowest BCUT2D eigenvalue weighted by molar-refractivity contribution is -0.140. The third-order valence-corrected chi connectivity index (χ3v) is 8.82. The van der Waals surface area contributed by atoms with E-state index in [4.69, 9.17) is 0 Å². The highest BCUT2D eigenvalue weighted by Gasteiger charge is 2.51. The molecule has 2 aliphatic heterocycles. The van der Waals surface area contributed by atoms with Crippen LogP contribution >= 0.6 is 0 Å². The minimum absolute atomic E-state index is 0.00895. The van der Waals surface area contributed by atoms with Gasteiger partial charge in [0.1, 0.15) is 12.1 Å². The van der Waals surface area contributed by atoms with Crippen LogP contribution in [0.3, 0.4) is 0 Å². The van der Waals surface area contributed by atoms with Gasteiger partial charge in [-0.15, -0.1) is 0 Å². The predicted molar refractivity (Wildman–Crippen MR) is 113 cm³/mol. The number of hydrogen-bond donors (Lipinski definition) is 1. The second-order valence-electron chi connectivity index (χ2n) is 9.37. The summed E-state index contributed by atoms with van der Waals surface area (Å²) in [6.07, 6.45) is 5.15. The standard InChI is InChI=1S/C22H27N3O5S/c1-22(16-6-5-14-3-2-4-15(14)11-16)20(27)24(21(28)23-22)12-19(26)25(17-7-8-17)18-9-10-31(29,30)13-18/h5-6,11,17-18H,2-4,7-10,12-13H2,1H3,(H,23,28). The summed E-state index contributed by atoms with van der Waals surface area (Å²) in [5, 5.41) is 2.78. The van der Waals surface area contributed by atoms with E-state index in [1.807, 2.05) is 18.2 Å². The molecule has 3 fully saturated rings. The Morgan fingerprint density at radius 1 is 1.16 bits per heavy atom. The fourth-order valence-electron chi connectivity index (χ4n) is 5.19. The topological polar surface area (TPSA) is 104 Å². The molecule has 2 atom stereocenters. The summed E-state index contributed by atoms with van der Waals surface area (Å²) in [7, 11) is -3.14. The van der Waals surface area contributed by atoms with Gasteiger partial charge in [0.15, 0.2) is 9.84 Å². The number of aryl methyl sites for hydroxylation is 2. The van der Waals surface area contributed by atoms with E-state index in [0.717, 1.165) is 42.6 Å². The summed E-state index contributed by atoms with van der Waals surface area (Å²) in [6, 6.07) is 4.95. The summed E-state index contributed by atoms with van der Waals surface area (Å²) in [5.74, 6) is -0.763. The molecule has 166 valence electrons. The quantitative estimate of drug-likeness (QED) is 0.684. The second kappa shape index (κ2) is 7.05. The molecule has 1 N–H and O–H groups in total. The van der Waals surface area contributed by atoms with Crippen LogP contribution < -0.4 is 5.32 Å². The van der Waals surface area contributed by atoms with Crippen LogP contribution in [-0.2, 0) is 37.8 Å². The van der Waals surface area contributed by atoms with Crippen LogP contribution in [0.4, 0.5) is 4.79 Å². The molecular weight excluding hydrogens is 418 g/mol. The summed E-state index contributed by atoms with van der Waals surface area (Å²) in [6.45, 7) is 1.31. The van der Waals surface area contributed by atoms with Crippen LogP contribution in [0.5, 0.6) is 0 Å². The number of carbonyl (C=O) groups is 3. The fourth-order valence-corrected chi connectivity index (χ4v) is 6.90. The maximum absolute atomic E-state index is 13.3. The van der Waals surface area contributed by atoms with Gasteiger partial charge >= 0.3 is 6.03 Å². The van der Waals surface area contributed by atoms with Crippen LogP contribution in [0.15, 0.2) is 18.2 Å². The molecule has 31 heavy (non-hydrogen) atoms. The van der Waals surface area contributed by atoms with Crippen molar-refractivity contribution < 1.29 is 22.8 Å². The Balaban J connectivity index is 1.35. The Hall–Kier alpha value is -2.42. The van der Waals surface area contributed by atoms with E-state index in [-0.39, 0.29) is 36.0 Å². The highest BCUT2D eigenvalue weighted by Crippen LogP contribution is 2.35. The van der Waals surface area contributed by atoms with Gasteiger partial charge in [-0.25, -0.2) is 13.2 Å². The third-order valence-electron chi connectivity index (χ3n) is 7.07. The molecule has 8 nitrogen and oxygen atoms in total. The zero-order chi connectivity index (χ0) is 22.0. The van der Waals surface area contributed by atoms with Gasteiger partial charge in [-0.05, 0) is 62.1 Å². The first-order valence-electron chi connectivity index (χ1n) is 11.0. The maximum Gasteiger partial charge on any atom is 0.325 e. The zero-order valence-corrected chi connectivity index (χ0v) is 18.4. The monoisotopic (exact) mass is 445 g/mol. The molecule has 2 saturated heterocycles. The van der Waals surface area contributed by atoms with E-state index >= 15 is 0 Å². The highest BCUT2D eigenvalue weighted by molar-refractivity contribution is 7.91. The third kappa shape index (κ3) is 3.52. The van der Waals surface area contributed by atoms with Crippen LogP contribution in [0, 0.1) is 0 Å². The number of sulfone groups is 1. The molecule has 1 aromatic carbocycles. The van der Waals surface area contributed by atoms with Gasteiger partial charge in [0, 0.05) is 12.1 Å². The summed E-state index contributed by atoms with van der Waals surface area (Å²) >= 11 is 0. The largest absolute Gasteiger partial charge is 0.334 e.